The summed E-state index contributed by atoms with van der Waals surface area (Å²) >= 11 is 0. The topological polar surface area (TPSA) is 82.6 Å². The molecule has 0 aliphatic heterocycles. The Hall–Kier alpha value is -1.86. The maximum absolute atomic E-state index is 12.8. The summed E-state index contributed by atoms with van der Waals surface area (Å²) in [5, 5.41) is 6.02. The van der Waals surface area contributed by atoms with Crippen LogP contribution in [0.5, 0.6) is 0 Å². The zero-order chi connectivity index (χ0) is 21.5. The first-order chi connectivity index (χ1) is 13.6. The van der Waals surface area contributed by atoms with Crippen LogP contribution >= 0.6 is 24.0 Å². The van der Waals surface area contributed by atoms with E-state index in [0.29, 0.717) is 23.6 Å². The first-order valence-corrected chi connectivity index (χ1v) is 10.4. The average Bonchev–Trinajstić information content (AvgIpc) is 2.67. The molecule has 6 nitrogen and oxygen atoms in total. The molecule has 0 fully saturated rings. The van der Waals surface area contributed by atoms with Gasteiger partial charge in [0, 0.05) is 20.1 Å². The molecule has 166 valence electrons. The van der Waals surface area contributed by atoms with Gasteiger partial charge in [-0.3, -0.25) is 4.99 Å². The van der Waals surface area contributed by atoms with Crippen LogP contribution in [0.3, 0.4) is 0 Å². The minimum atomic E-state index is -4.39. The van der Waals surface area contributed by atoms with E-state index in [1.807, 2.05) is 6.07 Å². The number of aliphatic imine (C=N–C) groups is 1. The molecule has 0 radical (unpaired) electrons. The number of alkyl halides is 3. The van der Waals surface area contributed by atoms with Crippen LogP contribution in [0.4, 0.5) is 13.2 Å². The molecule has 2 aromatic carbocycles. The standard InChI is InChI=1S/C19H23F3N4O2S.HI/c1-23-18(26-12-15-6-4-8-17(10-15)19(20,21)22)25-11-14-5-3-7-16(9-14)13-29(27,28)24-2;/h3-10,24H,11-13H2,1-2H3,(H2,23,25,26);1H. The number of hydrogen-bond acceptors (Lipinski definition) is 3. The molecule has 0 aliphatic rings. The highest BCUT2D eigenvalue weighted by Gasteiger charge is 2.30. The van der Waals surface area contributed by atoms with Gasteiger partial charge in [-0.1, -0.05) is 36.4 Å². The summed E-state index contributed by atoms with van der Waals surface area (Å²) in [5.74, 6) is 0.288. The molecule has 0 bridgehead atoms. The Morgan fingerprint density at radius 3 is 2.03 bits per heavy atom. The fraction of sp³-hybridized carbons (Fsp3) is 0.316. The van der Waals surface area contributed by atoms with Crippen molar-refractivity contribution in [1.29, 1.82) is 0 Å². The van der Waals surface area contributed by atoms with Gasteiger partial charge in [0.1, 0.15) is 0 Å². The average molecular weight is 556 g/mol. The van der Waals surface area contributed by atoms with E-state index in [9.17, 15) is 21.6 Å². The lowest BCUT2D eigenvalue weighted by atomic mass is 10.1. The predicted molar refractivity (Wildman–Crippen MR) is 122 cm³/mol. The predicted octanol–water partition coefficient (Wildman–Crippen LogP) is 3.24. The summed E-state index contributed by atoms with van der Waals surface area (Å²) in [7, 11) is -0.450. The molecule has 0 heterocycles. The highest BCUT2D eigenvalue weighted by atomic mass is 127. The molecule has 0 saturated carbocycles. The molecule has 11 heteroatoms. The quantitative estimate of drug-likeness (QED) is 0.278. The summed E-state index contributed by atoms with van der Waals surface area (Å²) in [5.41, 5.74) is 1.26. The number of nitrogens with zero attached hydrogens (tertiary/aromatic N) is 1. The summed E-state index contributed by atoms with van der Waals surface area (Å²) < 4.78 is 64.0. The Labute approximate surface area is 191 Å². The summed E-state index contributed by atoms with van der Waals surface area (Å²) in [6.07, 6.45) is -4.39. The number of benzene rings is 2. The Balaban J connectivity index is 0.00000450. The van der Waals surface area contributed by atoms with E-state index in [1.54, 1.807) is 31.3 Å². The third kappa shape index (κ3) is 8.48. The van der Waals surface area contributed by atoms with Gasteiger partial charge in [0.15, 0.2) is 5.96 Å². The molecular formula is C19H24F3IN4O2S. The van der Waals surface area contributed by atoms with Gasteiger partial charge in [-0.25, -0.2) is 13.1 Å². The van der Waals surface area contributed by atoms with Crippen LogP contribution in [0.15, 0.2) is 53.5 Å². The maximum Gasteiger partial charge on any atom is 0.416 e. The molecule has 30 heavy (non-hydrogen) atoms. The van der Waals surface area contributed by atoms with Crippen molar-refractivity contribution in [2.24, 2.45) is 4.99 Å². The molecule has 0 atom stereocenters. The van der Waals surface area contributed by atoms with E-state index in [0.717, 1.165) is 17.7 Å². The monoisotopic (exact) mass is 556 g/mol. The minimum Gasteiger partial charge on any atom is -0.352 e. The number of guanidine groups is 1. The molecule has 2 rings (SSSR count). The van der Waals surface area contributed by atoms with Crippen molar-refractivity contribution >= 4 is 40.0 Å². The number of halogens is 4. The SMILES string of the molecule is CN=C(NCc1cccc(CS(=O)(=O)NC)c1)NCc1cccc(C(F)(F)F)c1.I. The smallest absolute Gasteiger partial charge is 0.352 e. The fourth-order valence-corrected chi connectivity index (χ4v) is 3.33. The Bertz CT molecular complexity index is 966. The number of sulfonamides is 1. The molecule has 3 N–H and O–H groups in total. The van der Waals surface area contributed by atoms with Crippen LogP contribution in [0.25, 0.3) is 0 Å². The molecule has 0 aromatic heterocycles. The van der Waals surface area contributed by atoms with Gasteiger partial charge < -0.3 is 10.6 Å². The lowest BCUT2D eigenvalue weighted by Crippen LogP contribution is -2.36. The van der Waals surface area contributed by atoms with Crippen molar-refractivity contribution < 1.29 is 21.6 Å². The van der Waals surface area contributed by atoms with E-state index in [2.05, 4.69) is 20.3 Å². The van der Waals surface area contributed by atoms with Crippen molar-refractivity contribution in [2.45, 2.75) is 25.0 Å². The fourth-order valence-electron chi connectivity index (χ4n) is 2.57. The Morgan fingerprint density at radius 1 is 0.967 bits per heavy atom. The van der Waals surface area contributed by atoms with Crippen molar-refractivity contribution in [3.63, 3.8) is 0 Å². The Kier molecular flexibility index (Phi) is 10.0. The van der Waals surface area contributed by atoms with E-state index in [1.165, 1.54) is 13.1 Å². The lowest BCUT2D eigenvalue weighted by Gasteiger charge is -2.14. The highest BCUT2D eigenvalue weighted by molar-refractivity contribution is 14.0. The second-order valence-corrected chi connectivity index (χ2v) is 8.19. The molecule has 0 saturated heterocycles. The summed E-state index contributed by atoms with van der Waals surface area (Å²) in [4.78, 5) is 4.05. The van der Waals surface area contributed by atoms with Crippen molar-refractivity contribution in [2.75, 3.05) is 14.1 Å². The van der Waals surface area contributed by atoms with Crippen LogP contribution < -0.4 is 15.4 Å². The largest absolute Gasteiger partial charge is 0.416 e. The van der Waals surface area contributed by atoms with Crippen molar-refractivity contribution in [3.8, 4) is 0 Å². The van der Waals surface area contributed by atoms with Crippen LogP contribution in [-0.2, 0) is 35.0 Å². The van der Waals surface area contributed by atoms with Gasteiger partial charge in [0.2, 0.25) is 10.0 Å². The van der Waals surface area contributed by atoms with E-state index >= 15 is 0 Å². The third-order valence-corrected chi connectivity index (χ3v) is 5.39. The minimum absolute atomic E-state index is 0. The van der Waals surface area contributed by atoms with Gasteiger partial charge >= 0.3 is 6.18 Å². The van der Waals surface area contributed by atoms with E-state index in [4.69, 9.17) is 0 Å². The highest BCUT2D eigenvalue weighted by Crippen LogP contribution is 2.29. The summed E-state index contributed by atoms with van der Waals surface area (Å²) in [6.45, 7) is 0.541. The molecule has 0 spiro atoms. The van der Waals surface area contributed by atoms with Crippen LogP contribution in [0, 0.1) is 0 Å². The Morgan fingerprint density at radius 2 is 1.50 bits per heavy atom. The molecule has 0 amide bonds. The molecule has 2 aromatic rings. The third-order valence-electron chi connectivity index (χ3n) is 4.06. The summed E-state index contributed by atoms with van der Waals surface area (Å²) in [6, 6.07) is 12.2. The molecule has 0 aliphatic carbocycles. The molecule has 0 unspecified atom stereocenters. The van der Waals surface area contributed by atoms with Crippen LogP contribution in [-0.4, -0.2) is 28.5 Å². The number of rotatable bonds is 7. The van der Waals surface area contributed by atoms with Crippen molar-refractivity contribution in [3.05, 3.63) is 70.8 Å². The van der Waals surface area contributed by atoms with E-state index in [-0.39, 0.29) is 36.3 Å². The second kappa shape index (κ2) is 11.5. The van der Waals surface area contributed by atoms with Crippen LogP contribution in [0.2, 0.25) is 0 Å². The normalized spacial score (nSPS) is 12.2. The van der Waals surface area contributed by atoms with Gasteiger partial charge in [0.25, 0.3) is 0 Å². The maximum atomic E-state index is 12.8. The molecular weight excluding hydrogens is 532 g/mol. The van der Waals surface area contributed by atoms with Gasteiger partial charge in [-0.2, -0.15) is 13.2 Å². The van der Waals surface area contributed by atoms with Gasteiger partial charge in [0.05, 0.1) is 11.3 Å². The van der Waals surface area contributed by atoms with Gasteiger partial charge in [-0.05, 0) is 35.9 Å². The zero-order valence-electron chi connectivity index (χ0n) is 16.5. The first-order valence-electron chi connectivity index (χ1n) is 8.72. The second-order valence-electron chi connectivity index (χ2n) is 6.26. The van der Waals surface area contributed by atoms with E-state index < -0.39 is 21.8 Å². The lowest BCUT2D eigenvalue weighted by molar-refractivity contribution is -0.137. The number of hydrogen-bond donors (Lipinski definition) is 3. The first kappa shape index (κ1) is 26.2. The van der Waals surface area contributed by atoms with Gasteiger partial charge in [-0.15, -0.1) is 24.0 Å². The van der Waals surface area contributed by atoms with Crippen LogP contribution in [0.1, 0.15) is 22.3 Å². The van der Waals surface area contributed by atoms with Crippen molar-refractivity contribution in [1.82, 2.24) is 15.4 Å². The zero-order valence-corrected chi connectivity index (χ0v) is 19.6. The number of nitrogens with one attached hydrogen (secondary N) is 3.